The third kappa shape index (κ3) is 3.87. The van der Waals surface area contributed by atoms with Crippen molar-refractivity contribution < 1.29 is 19.4 Å². The van der Waals surface area contributed by atoms with E-state index in [2.05, 4.69) is 11.8 Å². The summed E-state index contributed by atoms with van der Waals surface area (Å²) in [5, 5.41) is 10.7. The molecule has 0 spiro atoms. The first-order chi connectivity index (χ1) is 14.0. The molecule has 1 N–H and O–H groups in total. The van der Waals surface area contributed by atoms with Crippen molar-refractivity contribution in [2.45, 2.75) is 33.2 Å². The Bertz CT molecular complexity index is 954. The van der Waals surface area contributed by atoms with Gasteiger partial charge in [0.2, 0.25) is 5.78 Å². The topological polar surface area (TPSA) is 59.0 Å². The molecular weight excluding hydrogens is 366 g/mol. The third-order valence-electron chi connectivity index (χ3n) is 5.93. The zero-order chi connectivity index (χ0) is 20.5. The smallest absolute Gasteiger partial charge is 0.231 e. The van der Waals surface area contributed by atoms with Gasteiger partial charge in [0.1, 0.15) is 17.2 Å². The minimum absolute atomic E-state index is 0.146. The Balaban J connectivity index is 1.59. The summed E-state index contributed by atoms with van der Waals surface area (Å²) in [5.74, 6) is 2.32. The molecule has 0 saturated carbocycles. The number of aromatic hydroxyl groups is 1. The number of phenolic OH excluding ortho intramolecular Hbond substituents is 1. The van der Waals surface area contributed by atoms with Crippen molar-refractivity contribution in [2.75, 3.05) is 20.2 Å². The number of piperidine rings is 1. The Kier molecular flexibility index (Phi) is 5.33. The largest absolute Gasteiger partial charge is 0.507 e. The molecule has 1 saturated heterocycles. The Morgan fingerprint density at radius 3 is 2.59 bits per heavy atom. The highest BCUT2D eigenvalue weighted by molar-refractivity contribution is 6.15. The molecule has 1 fully saturated rings. The molecule has 0 atom stereocenters. The summed E-state index contributed by atoms with van der Waals surface area (Å²) in [4.78, 5) is 15.3. The molecule has 0 bridgehead atoms. The zero-order valence-corrected chi connectivity index (χ0v) is 17.2. The fraction of sp³-hybridized carbons (Fsp3) is 0.375. The molecule has 29 heavy (non-hydrogen) atoms. The number of carbonyl (C=O) groups excluding carboxylic acids is 1. The molecule has 0 aliphatic carbocycles. The van der Waals surface area contributed by atoms with E-state index in [9.17, 15) is 9.90 Å². The molecule has 2 heterocycles. The second kappa shape index (κ2) is 7.91. The number of ether oxygens (including phenoxy) is 2. The van der Waals surface area contributed by atoms with Crippen LogP contribution in [0.25, 0.3) is 6.08 Å². The van der Waals surface area contributed by atoms with Crippen LogP contribution in [0.3, 0.4) is 0 Å². The van der Waals surface area contributed by atoms with E-state index in [1.807, 2.05) is 24.3 Å². The number of allylic oxidation sites excluding steroid dienone is 1. The van der Waals surface area contributed by atoms with Gasteiger partial charge >= 0.3 is 0 Å². The van der Waals surface area contributed by atoms with Crippen molar-refractivity contribution in [3.05, 3.63) is 58.3 Å². The van der Waals surface area contributed by atoms with Gasteiger partial charge in [-0.3, -0.25) is 9.69 Å². The van der Waals surface area contributed by atoms with E-state index >= 15 is 0 Å². The molecule has 0 aromatic heterocycles. The number of phenols is 1. The van der Waals surface area contributed by atoms with Gasteiger partial charge in [-0.25, -0.2) is 0 Å². The van der Waals surface area contributed by atoms with Gasteiger partial charge in [0, 0.05) is 17.7 Å². The van der Waals surface area contributed by atoms with E-state index in [4.69, 9.17) is 9.47 Å². The number of likely N-dealkylation sites (tertiary alicyclic amines) is 1. The first kappa shape index (κ1) is 19.5. The van der Waals surface area contributed by atoms with Crippen LogP contribution < -0.4 is 9.47 Å². The number of rotatable bonds is 4. The van der Waals surface area contributed by atoms with Gasteiger partial charge in [0.25, 0.3) is 0 Å². The number of hydrogen-bond acceptors (Lipinski definition) is 5. The van der Waals surface area contributed by atoms with Crippen LogP contribution in [0.4, 0.5) is 0 Å². The number of Topliss-reactive ketones (excluding diaryl/α,β-unsaturated/α-hetero) is 1. The normalized spacial score (nSPS) is 18.7. The summed E-state index contributed by atoms with van der Waals surface area (Å²) in [6.07, 6.45) is 4.06. The molecule has 2 aliphatic heterocycles. The molecule has 5 heteroatoms. The van der Waals surface area contributed by atoms with Gasteiger partial charge in [-0.2, -0.15) is 0 Å². The van der Waals surface area contributed by atoms with Gasteiger partial charge in [-0.05, 0) is 68.6 Å². The van der Waals surface area contributed by atoms with Crippen molar-refractivity contribution in [1.82, 2.24) is 4.90 Å². The number of methoxy groups -OCH3 is 1. The van der Waals surface area contributed by atoms with Gasteiger partial charge in [0.05, 0.1) is 12.7 Å². The van der Waals surface area contributed by atoms with E-state index in [0.717, 1.165) is 35.9 Å². The molecule has 2 aromatic rings. The predicted octanol–water partition coefficient (Wildman–Crippen LogP) is 4.56. The van der Waals surface area contributed by atoms with E-state index in [1.54, 1.807) is 26.2 Å². The predicted molar refractivity (Wildman–Crippen MR) is 112 cm³/mol. The molecule has 0 unspecified atom stereocenters. The third-order valence-corrected chi connectivity index (χ3v) is 5.93. The zero-order valence-electron chi connectivity index (χ0n) is 17.2. The number of fused-ring (bicyclic) bond motifs is 1. The monoisotopic (exact) mass is 393 g/mol. The van der Waals surface area contributed by atoms with E-state index in [-0.39, 0.29) is 17.3 Å². The standard InChI is InChI=1S/C24H27NO4/c1-15-8-10-25(11-9-15)14-18-13-20-23(27)21(29-24(20)16(2)22(18)26)12-17-4-6-19(28-3)7-5-17/h4-7,12-13,15,26H,8-11,14H2,1-3H3. The quantitative estimate of drug-likeness (QED) is 0.772. The fourth-order valence-corrected chi connectivity index (χ4v) is 3.98. The van der Waals surface area contributed by atoms with Crippen LogP contribution >= 0.6 is 0 Å². The highest BCUT2D eigenvalue weighted by Crippen LogP contribution is 2.41. The Hall–Kier alpha value is -2.79. The van der Waals surface area contributed by atoms with Crippen LogP contribution in [0, 0.1) is 12.8 Å². The van der Waals surface area contributed by atoms with E-state index in [1.165, 1.54) is 12.8 Å². The number of nitrogens with zero attached hydrogens (tertiary/aromatic N) is 1. The Morgan fingerprint density at radius 2 is 1.93 bits per heavy atom. The van der Waals surface area contributed by atoms with E-state index < -0.39 is 0 Å². The van der Waals surface area contributed by atoms with E-state index in [0.29, 0.717) is 23.4 Å². The molecule has 2 aliphatic rings. The summed E-state index contributed by atoms with van der Waals surface area (Å²) >= 11 is 0. The lowest BCUT2D eigenvalue weighted by Crippen LogP contribution is -2.32. The minimum atomic E-state index is -0.146. The maximum atomic E-state index is 13.0. The van der Waals surface area contributed by atoms with Gasteiger partial charge in [-0.15, -0.1) is 0 Å². The van der Waals surface area contributed by atoms with Gasteiger partial charge in [-0.1, -0.05) is 19.1 Å². The maximum Gasteiger partial charge on any atom is 0.231 e. The summed E-state index contributed by atoms with van der Waals surface area (Å²) in [5.41, 5.74) is 2.79. The van der Waals surface area contributed by atoms with Crippen molar-refractivity contribution in [3.8, 4) is 17.2 Å². The van der Waals surface area contributed by atoms with Gasteiger partial charge < -0.3 is 14.6 Å². The van der Waals surface area contributed by atoms with Crippen LogP contribution in [0.15, 0.2) is 36.1 Å². The summed E-state index contributed by atoms with van der Waals surface area (Å²) in [7, 11) is 1.62. The Morgan fingerprint density at radius 1 is 1.24 bits per heavy atom. The van der Waals surface area contributed by atoms with Crippen LogP contribution in [0.2, 0.25) is 0 Å². The summed E-state index contributed by atoms with van der Waals surface area (Å²) < 4.78 is 11.0. The lowest BCUT2D eigenvalue weighted by molar-refractivity contribution is 0.101. The van der Waals surface area contributed by atoms with Crippen LogP contribution in [-0.4, -0.2) is 36.0 Å². The van der Waals surface area contributed by atoms with Crippen molar-refractivity contribution in [2.24, 2.45) is 5.92 Å². The Labute approximate surface area is 171 Å². The number of benzene rings is 2. The number of carbonyl (C=O) groups is 1. The first-order valence-corrected chi connectivity index (χ1v) is 10.1. The number of hydrogen-bond donors (Lipinski definition) is 1. The lowest BCUT2D eigenvalue weighted by Gasteiger charge is -2.30. The van der Waals surface area contributed by atoms with Crippen molar-refractivity contribution >= 4 is 11.9 Å². The van der Waals surface area contributed by atoms with Crippen LogP contribution in [-0.2, 0) is 6.54 Å². The SMILES string of the molecule is COc1ccc(C=C2Oc3c(cc(CN4CCC(C)CC4)c(O)c3C)C2=O)cc1. The lowest BCUT2D eigenvalue weighted by atomic mass is 9.97. The molecular formula is C24H27NO4. The highest BCUT2D eigenvalue weighted by atomic mass is 16.5. The molecule has 4 rings (SSSR count). The van der Waals surface area contributed by atoms with Gasteiger partial charge in [0.15, 0.2) is 5.76 Å². The minimum Gasteiger partial charge on any atom is -0.507 e. The molecule has 152 valence electrons. The maximum absolute atomic E-state index is 13.0. The van der Waals surface area contributed by atoms with Crippen LogP contribution in [0.1, 0.15) is 46.8 Å². The summed E-state index contributed by atoms with van der Waals surface area (Å²) in [6.45, 7) is 6.77. The average Bonchev–Trinajstić information content (AvgIpc) is 3.04. The molecule has 0 radical (unpaired) electrons. The molecule has 0 amide bonds. The fourth-order valence-electron chi connectivity index (χ4n) is 3.98. The summed E-state index contributed by atoms with van der Waals surface area (Å²) in [6, 6.07) is 9.23. The van der Waals surface area contributed by atoms with Crippen molar-refractivity contribution in [3.63, 3.8) is 0 Å². The average molecular weight is 393 g/mol. The van der Waals surface area contributed by atoms with Crippen LogP contribution in [0.5, 0.6) is 17.2 Å². The highest BCUT2D eigenvalue weighted by Gasteiger charge is 2.32. The first-order valence-electron chi connectivity index (χ1n) is 10.1. The second-order valence-electron chi connectivity index (χ2n) is 8.06. The van der Waals surface area contributed by atoms with Crippen molar-refractivity contribution in [1.29, 1.82) is 0 Å². The second-order valence-corrected chi connectivity index (χ2v) is 8.06. The molecule has 5 nitrogen and oxygen atoms in total. The molecule has 2 aromatic carbocycles. The number of ketones is 1.